The van der Waals surface area contributed by atoms with E-state index in [0.717, 1.165) is 0 Å². The average Bonchev–Trinajstić information content (AvgIpc) is 2.27. The smallest absolute Gasteiger partial charge is 0.141 e. The predicted octanol–water partition coefficient (Wildman–Crippen LogP) is 1.37. The summed E-state index contributed by atoms with van der Waals surface area (Å²) in [6, 6.07) is 10.4. The first-order valence-corrected chi connectivity index (χ1v) is 3.91. The number of nitrogens with zero attached hydrogens (tertiary/aromatic N) is 4. The summed E-state index contributed by atoms with van der Waals surface area (Å²) in [4.78, 5) is 8.07. The van der Waals surface area contributed by atoms with Crippen molar-refractivity contribution < 1.29 is 0 Å². The van der Waals surface area contributed by atoms with E-state index in [1.165, 1.54) is 0 Å². The molecule has 0 aliphatic rings. The van der Waals surface area contributed by atoms with Gasteiger partial charge in [0.1, 0.15) is 23.5 Å². The fourth-order valence-corrected chi connectivity index (χ4v) is 1.13. The van der Waals surface area contributed by atoms with Crippen molar-refractivity contribution in [3.63, 3.8) is 0 Å². The summed E-state index contributed by atoms with van der Waals surface area (Å²) >= 11 is 0. The van der Waals surface area contributed by atoms with Crippen LogP contribution in [0.3, 0.4) is 0 Å². The number of nitriles is 2. The van der Waals surface area contributed by atoms with Gasteiger partial charge in [0, 0.05) is 0 Å². The van der Waals surface area contributed by atoms with E-state index in [9.17, 15) is 0 Å². The Morgan fingerprint density at radius 2 is 1.21 bits per heavy atom. The standard InChI is InChI=1S/C10H4N4/c11-5-7-1-3-9-10(13-7)4-2-8(6-12)14-9/h1-4H. The van der Waals surface area contributed by atoms with Crippen LogP contribution in [0, 0.1) is 22.7 Å². The van der Waals surface area contributed by atoms with E-state index in [-0.39, 0.29) is 0 Å². The van der Waals surface area contributed by atoms with E-state index in [4.69, 9.17) is 10.5 Å². The first-order chi connectivity index (χ1) is 6.83. The van der Waals surface area contributed by atoms with E-state index in [1.807, 2.05) is 12.1 Å². The highest BCUT2D eigenvalue weighted by Crippen LogP contribution is 2.10. The van der Waals surface area contributed by atoms with Crippen molar-refractivity contribution in [3.8, 4) is 12.1 Å². The molecular weight excluding hydrogens is 176 g/mol. The van der Waals surface area contributed by atoms with Crippen molar-refractivity contribution in [1.29, 1.82) is 10.5 Å². The predicted molar refractivity (Wildman–Crippen MR) is 49.0 cm³/mol. The zero-order valence-electron chi connectivity index (χ0n) is 7.10. The number of rotatable bonds is 0. The molecule has 64 valence electrons. The lowest BCUT2D eigenvalue weighted by Gasteiger charge is -1.96. The first-order valence-electron chi connectivity index (χ1n) is 3.91. The Labute approximate surface area is 80.1 Å². The molecule has 0 unspecified atom stereocenters. The molecule has 2 aromatic rings. The van der Waals surface area contributed by atoms with Gasteiger partial charge in [-0.3, -0.25) is 0 Å². The molecule has 0 spiro atoms. The highest BCUT2D eigenvalue weighted by Gasteiger charge is 1.99. The fourth-order valence-electron chi connectivity index (χ4n) is 1.13. The molecule has 14 heavy (non-hydrogen) atoms. The third-order valence-corrected chi connectivity index (χ3v) is 1.77. The van der Waals surface area contributed by atoms with Crippen LogP contribution in [0.2, 0.25) is 0 Å². The fraction of sp³-hybridized carbons (Fsp3) is 0. The molecule has 0 aliphatic carbocycles. The number of aromatic nitrogens is 2. The number of hydrogen-bond acceptors (Lipinski definition) is 4. The molecule has 0 saturated carbocycles. The van der Waals surface area contributed by atoms with Gasteiger partial charge in [0.05, 0.1) is 11.0 Å². The molecule has 0 bridgehead atoms. The van der Waals surface area contributed by atoms with Crippen LogP contribution in [0.4, 0.5) is 0 Å². The lowest BCUT2D eigenvalue weighted by atomic mass is 10.2. The second-order valence-corrected chi connectivity index (χ2v) is 2.65. The summed E-state index contributed by atoms with van der Waals surface area (Å²) in [6.45, 7) is 0. The van der Waals surface area contributed by atoms with Crippen LogP contribution in [0.15, 0.2) is 24.3 Å². The van der Waals surface area contributed by atoms with E-state index < -0.39 is 0 Å². The van der Waals surface area contributed by atoms with Crippen molar-refractivity contribution in [2.24, 2.45) is 0 Å². The van der Waals surface area contributed by atoms with Gasteiger partial charge in [-0.25, -0.2) is 9.97 Å². The van der Waals surface area contributed by atoms with Crippen molar-refractivity contribution in [2.75, 3.05) is 0 Å². The molecule has 4 heteroatoms. The van der Waals surface area contributed by atoms with Crippen LogP contribution in [-0.4, -0.2) is 9.97 Å². The third-order valence-electron chi connectivity index (χ3n) is 1.77. The summed E-state index contributed by atoms with van der Waals surface area (Å²) in [5.74, 6) is 0. The van der Waals surface area contributed by atoms with Crippen LogP contribution in [0.1, 0.15) is 11.4 Å². The van der Waals surface area contributed by atoms with E-state index in [2.05, 4.69) is 9.97 Å². The Balaban J connectivity index is 2.72. The molecule has 0 aromatic carbocycles. The number of fused-ring (bicyclic) bond motifs is 1. The molecule has 0 N–H and O–H groups in total. The number of pyridine rings is 2. The van der Waals surface area contributed by atoms with Gasteiger partial charge in [-0.1, -0.05) is 0 Å². The molecular formula is C10H4N4. The third kappa shape index (κ3) is 1.26. The molecule has 0 amide bonds. The lowest BCUT2D eigenvalue weighted by Crippen LogP contribution is -1.88. The minimum absolute atomic E-state index is 0.351. The topological polar surface area (TPSA) is 73.4 Å². The van der Waals surface area contributed by atoms with Gasteiger partial charge in [-0.15, -0.1) is 0 Å². The second kappa shape index (κ2) is 3.12. The van der Waals surface area contributed by atoms with Crippen LogP contribution < -0.4 is 0 Å². The Morgan fingerprint density at radius 3 is 1.57 bits per heavy atom. The quantitative estimate of drug-likeness (QED) is 0.613. The monoisotopic (exact) mass is 180 g/mol. The normalized spacial score (nSPS) is 9.29. The van der Waals surface area contributed by atoms with Crippen LogP contribution in [-0.2, 0) is 0 Å². The van der Waals surface area contributed by atoms with Crippen LogP contribution in [0.25, 0.3) is 11.0 Å². The molecule has 0 radical (unpaired) electrons. The summed E-state index contributed by atoms with van der Waals surface area (Å²) < 4.78 is 0. The highest BCUT2D eigenvalue weighted by atomic mass is 14.8. The van der Waals surface area contributed by atoms with Gasteiger partial charge < -0.3 is 0 Å². The Hall–Kier alpha value is -2.46. The molecule has 0 aliphatic heterocycles. The Morgan fingerprint density at radius 1 is 0.786 bits per heavy atom. The van der Waals surface area contributed by atoms with Crippen molar-refractivity contribution in [1.82, 2.24) is 9.97 Å². The zero-order valence-corrected chi connectivity index (χ0v) is 7.10. The van der Waals surface area contributed by atoms with Crippen LogP contribution in [0.5, 0.6) is 0 Å². The van der Waals surface area contributed by atoms with Gasteiger partial charge in [0.15, 0.2) is 0 Å². The molecule has 0 fully saturated rings. The molecule has 2 rings (SSSR count). The lowest BCUT2D eigenvalue weighted by molar-refractivity contribution is 1.27. The summed E-state index contributed by atoms with van der Waals surface area (Å²) in [5, 5.41) is 17.2. The maximum absolute atomic E-state index is 8.61. The Kier molecular flexibility index (Phi) is 1.82. The van der Waals surface area contributed by atoms with E-state index >= 15 is 0 Å². The maximum Gasteiger partial charge on any atom is 0.141 e. The van der Waals surface area contributed by atoms with E-state index in [1.54, 1.807) is 24.3 Å². The van der Waals surface area contributed by atoms with Gasteiger partial charge in [-0.2, -0.15) is 10.5 Å². The summed E-state index contributed by atoms with van der Waals surface area (Å²) in [6.07, 6.45) is 0. The zero-order chi connectivity index (χ0) is 9.97. The molecule has 4 nitrogen and oxygen atoms in total. The Bertz CT molecular complexity index is 521. The molecule has 0 saturated heterocycles. The molecule has 0 atom stereocenters. The second-order valence-electron chi connectivity index (χ2n) is 2.65. The van der Waals surface area contributed by atoms with Gasteiger partial charge in [0.2, 0.25) is 0 Å². The minimum atomic E-state index is 0.351. The highest BCUT2D eigenvalue weighted by molar-refractivity contribution is 5.75. The molecule has 2 heterocycles. The maximum atomic E-state index is 8.61. The SMILES string of the molecule is N#Cc1ccc2nc(C#N)ccc2n1. The van der Waals surface area contributed by atoms with Gasteiger partial charge in [0.25, 0.3) is 0 Å². The van der Waals surface area contributed by atoms with Crippen molar-refractivity contribution >= 4 is 11.0 Å². The van der Waals surface area contributed by atoms with Crippen molar-refractivity contribution in [3.05, 3.63) is 35.7 Å². The van der Waals surface area contributed by atoms with Gasteiger partial charge >= 0.3 is 0 Å². The molecule has 2 aromatic heterocycles. The minimum Gasteiger partial charge on any atom is -0.235 e. The van der Waals surface area contributed by atoms with Crippen molar-refractivity contribution in [2.45, 2.75) is 0 Å². The summed E-state index contributed by atoms with van der Waals surface area (Å²) in [7, 11) is 0. The summed E-state index contributed by atoms with van der Waals surface area (Å²) in [5.41, 5.74) is 1.96. The van der Waals surface area contributed by atoms with Gasteiger partial charge in [-0.05, 0) is 24.3 Å². The largest absolute Gasteiger partial charge is 0.235 e. The average molecular weight is 180 g/mol. The van der Waals surface area contributed by atoms with Crippen LogP contribution >= 0.6 is 0 Å². The number of hydrogen-bond donors (Lipinski definition) is 0. The van der Waals surface area contributed by atoms with E-state index in [0.29, 0.717) is 22.4 Å². The first kappa shape index (κ1) is 8.15.